The summed E-state index contributed by atoms with van der Waals surface area (Å²) in [5.41, 5.74) is 1.16. The van der Waals surface area contributed by atoms with Crippen LogP contribution in [0.5, 0.6) is 0 Å². The summed E-state index contributed by atoms with van der Waals surface area (Å²) < 4.78 is 13.0. The number of aromatic nitrogens is 2. The summed E-state index contributed by atoms with van der Waals surface area (Å²) in [5.74, 6) is 0.851. The Morgan fingerprint density at radius 2 is 2.43 bits per heavy atom. The summed E-state index contributed by atoms with van der Waals surface area (Å²) in [6.07, 6.45) is 6.43. The van der Waals surface area contributed by atoms with E-state index in [1.54, 1.807) is 11.7 Å². The number of nitrogens with zero attached hydrogens (tertiary/aromatic N) is 4. The second kappa shape index (κ2) is 10.8. The molecule has 1 fully saturated rings. The molecule has 2 rings (SSSR count). The Hall–Kier alpha value is -0.870. The Kier molecular flexibility index (Phi) is 9.49. The van der Waals surface area contributed by atoms with Crippen LogP contribution >= 0.6 is 24.0 Å². The van der Waals surface area contributed by atoms with Crippen LogP contribution in [0.2, 0.25) is 0 Å². The van der Waals surface area contributed by atoms with Gasteiger partial charge in [-0.15, -0.1) is 24.0 Å². The molecule has 0 radical (unpaired) electrons. The number of hydrogen-bond donors (Lipinski definition) is 1. The van der Waals surface area contributed by atoms with Gasteiger partial charge in [-0.1, -0.05) is 0 Å². The Morgan fingerprint density at radius 1 is 1.61 bits per heavy atom. The molecule has 1 aliphatic rings. The topological polar surface area (TPSA) is 63.9 Å². The third-order valence-corrected chi connectivity index (χ3v) is 3.61. The molecule has 1 N–H and O–H groups in total. The van der Waals surface area contributed by atoms with Crippen molar-refractivity contribution in [1.82, 2.24) is 20.0 Å². The van der Waals surface area contributed by atoms with E-state index >= 15 is 0 Å². The van der Waals surface area contributed by atoms with Crippen LogP contribution in [-0.4, -0.2) is 67.2 Å². The number of ether oxygens (including phenoxy) is 2. The minimum atomic E-state index is 0. The maximum absolute atomic E-state index is 5.64. The lowest BCUT2D eigenvalue weighted by atomic mass is 10.2. The van der Waals surface area contributed by atoms with E-state index in [1.807, 2.05) is 26.5 Å². The molecule has 2 heterocycles. The van der Waals surface area contributed by atoms with Gasteiger partial charge in [-0.25, -0.2) is 0 Å². The first-order valence-electron chi connectivity index (χ1n) is 7.77. The average molecular weight is 437 g/mol. The van der Waals surface area contributed by atoms with Crippen molar-refractivity contribution in [3.05, 3.63) is 18.0 Å². The van der Waals surface area contributed by atoms with E-state index in [2.05, 4.69) is 20.3 Å². The van der Waals surface area contributed by atoms with Crippen molar-refractivity contribution in [2.24, 2.45) is 12.0 Å². The quantitative estimate of drug-likeness (QED) is 0.301. The third kappa shape index (κ3) is 7.05. The lowest BCUT2D eigenvalue weighted by molar-refractivity contribution is 0.0190. The highest BCUT2D eigenvalue weighted by Gasteiger charge is 2.15. The molecule has 0 saturated carbocycles. The van der Waals surface area contributed by atoms with Crippen LogP contribution in [0.4, 0.5) is 0 Å². The van der Waals surface area contributed by atoms with Crippen LogP contribution in [0.15, 0.2) is 17.4 Å². The molecule has 1 aliphatic heterocycles. The van der Waals surface area contributed by atoms with Crippen LogP contribution < -0.4 is 5.32 Å². The predicted molar refractivity (Wildman–Crippen MR) is 101 cm³/mol. The van der Waals surface area contributed by atoms with E-state index in [-0.39, 0.29) is 30.1 Å². The second-order valence-corrected chi connectivity index (χ2v) is 5.56. The maximum atomic E-state index is 5.64. The molecule has 1 saturated heterocycles. The van der Waals surface area contributed by atoms with Crippen molar-refractivity contribution in [1.29, 1.82) is 0 Å². The Labute approximate surface area is 155 Å². The number of guanidine groups is 1. The average Bonchev–Trinajstić information content (AvgIpc) is 3.14. The maximum Gasteiger partial charge on any atom is 0.193 e. The molecule has 0 aliphatic carbocycles. The smallest absolute Gasteiger partial charge is 0.193 e. The Balaban J connectivity index is 0.00000264. The van der Waals surface area contributed by atoms with E-state index in [9.17, 15) is 0 Å². The molecule has 0 amide bonds. The summed E-state index contributed by atoms with van der Waals surface area (Å²) in [7, 11) is 5.72. The van der Waals surface area contributed by atoms with Gasteiger partial charge in [-0.2, -0.15) is 5.10 Å². The van der Waals surface area contributed by atoms with Crippen LogP contribution in [0.25, 0.3) is 0 Å². The van der Waals surface area contributed by atoms with E-state index < -0.39 is 0 Å². The van der Waals surface area contributed by atoms with Gasteiger partial charge in [0.05, 0.1) is 25.5 Å². The van der Waals surface area contributed by atoms with Crippen molar-refractivity contribution < 1.29 is 9.47 Å². The normalized spacial score (nSPS) is 17.9. The molecular formula is C15H28IN5O2. The highest BCUT2D eigenvalue weighted by Crippen LogP contribution is 2.11. The first-order chi connectivity index (χ1) is 10.7. The van der Waals surface area contributed by atoms with E-state index in [4.69, 9.17) is 9.47 Å². The van der Waals surface area contributed by atoms with E-state index in [0.29, 0.717) is 13.2 Å². The fourth-order valence-electron chi connectivity index (χ4n) is 2.51. The van der Waals surface area contributed by atoms with Crippen LogP contribution in [0.1, 0.15) is 18.4 Å². The van der Waals surface area contributed by atoms with Gasteiger partial charge >= 0.3 is 0 Å². The first kappa shape index (κ1) is 20.2. The Morgan fingerprint density at radius 3 is 3.04 bits per heavy atom. The molecule has 1 aromatic rings. The van der Waals surface area contributed by atoms with Crippen molar-refractivity contribution in [2.45, 2.75) is 25.5 Å². The number of rotatable bonds is 7. The standard InChI is InChI=1S/C15H27N5O2.HI/c1-16-15(19(2)10-13-9-18-20(3)11-13)17-6-8-21-12-14-5-4-7-22-14;/h9,11,14H,4-8,10,12H2,1-3H3,(H,16,17);1H. The van der Waals surface area contributed by atoms with Gasteiger partial charge in [0.1, 0.15) is 0 Å². The van der Waals surface area contributed by atoms with Gasteiger partial charge < -0.3 is 19.7 Å². The molecule has 7 nitrogen and oxygen atoms in total. The zero-order chi connectivity index (χ0) is 15.8. The van der Waals surface area contributed by atoms with Crippen molar-refractivity contribution in [3.63, 3.8) is 0 Å². The van der Waals surface area contributed by atoms with Gasteiger partial charge in [-0.3, -0.25) is 9.67 Å². The molecule has 1 unspecified atom stereocenters. The van der Waals surface area contributed by atoms with Crippen LogP contribution in [0, 0.1) is 0 Å². The minimum Gasteiger partial charge on any atom is -0.377 e. The second-order valence-electron chi connectivity index (χ2n) is 5.56. The van der Waals surface area contributed by atoms with E-state index in [1.165, 1.54) is 0 Å². The van der Waals surface area contributed by atoms with Crippen molar-refractivity contribution >= 4 is 29.9 Å². The summed E-state index contributed by atoms with van der Waals surface area (Å²) in [6, 6.07) is 0. The number of aliphatic imine (C=N–C) groups is 1. The van der Waals surface area contributed by atoms with Gasteiger partial charge in [0.15, 0.2) is 5.96 Å². The number of aryl methyl sites for hydroxylation is 1. The monoisotopic (exact) mass is 437 g/mol. The lowest BCUT2D eigenvalue weighted by Gasteiger charge is -2.21. The molecule has 23 heavy (non-hydrogen) atoms. The fourth-order valence-corrected chi connectivity index (χ4v) is 2.51. The van der Waals surface area contributed by atoms with Crippen molar-refractivity contribution in [2.75, 3.05) is 40.5 Å². The lowest BCUT2D eigenvalue weighted by Crippen LogP contribution is -2.40. The molecule has 0 bridgehead atoms. The summed E-state index contributed by atoms with van der Waals surface area (Å²) in [4.78, 5) is 6.36. The third-order valence-electron chi connectivity index (χ3n) is 3.61. The molecule has 132 valence electrons. The fraction of sp³-hybridized carbons (Fsp3) is 0.733. The van der Waals surface area contributed by atoms with Gasteiger partial charge in [0.2, 0.25) is 0 Å². The molecule has 0 aromatic carbocycles. The van der Waals surface area contributed by atoms with Crippen LogP contribution in [-0.2, 0) is 23.1 Å². The largest absolute Gasteiger partial charge is 0.377 e. The van der Waals surface area contributed by atoms with Gasteiger partial charge in [-0.05, 0) is 12.8 Å². The highest BCUT2D eigenvalue weighted by atomic mass is 127. The van der Waals surface area contributed by atoms with Gasteiger partial charge in [0.25, 0.3) is 0 Å². The molecular weight excluding hydrogens is 409 g/mol. The van der Waals surface area contributed by atoms with Crippen molar-refractivity contribution in [3.8, 4) is 0 Å². The zero-order valence-electron chi connectivity index (χ0n) is 14.2. The van der Waals surface area contributed by atoms with Crippen LogP contribution in [0.3, 0.4) is 0 Å². The first-order valence-corrected chi connectivity index (χ1v) is 7.77. The zero-order valence-corrected chi connectivity index (χ0v) is 16.5. The molecule has 0 spiro atoms. The summed E-state index contributed by atoms with van der Waals surface area (Å²) in [5, 5.41) is 7.48. The minimum absolute atomic E-state index is 0. The van der Waals surface area contributed by atoms with Gasteiger partial charge in [0, 0.05) is 52.6 Å². The predicted octanol–water partition coefficient (Wildman–Crippen LogP) is 1.24. The molecule has 8 heteroatoms. The number of nitrogens with one attached hydrogen (secondary N) is 1. The highest BCUT2D eigenvalue weighted by molar-refractivity contribution is 14.0. The number of halogens is 1. The number of hydrogen-bond acceptors (Lipinski definition) is 4. The SMILES string of the molecule is CN=C(NCCOCC1CCCO1)N(C)Cc1cnn(C)c1.I. The summed E-state index contributed by atoms with van der Waals surface area (Å²) in [6.45, 7) is 3.71. The summed E-state index contributed by atoms with van der Waals surface area (Å²) >= 11 is 0. The Bertz CT molecular complexity index is 474. The van der Waals surface area contributed by atoms with E-state index in [0.717, 1.165) is 44.1 Å². The molecule has 1 atom stereocenters. The molecule has 1 aromatic heterocycles.